The number of amides is 1. The minimum Gasteiger partial charge on any atom is -0.394 e. The van der Waals surface area contributed by atoms with E-state index in [-0.39, 0.29) is 6.61 Å². The topological polar surface area (TPSA) is 89.8 Å². The van der Waals surface area contributed by atoms with Gasteiger partial charge in [0, 0.05) is 0 Å². The van der Waals surface area contributed by atoms with E-state index >= 15 is 0 Å². The second kappa shape index (κ2) is 54.2. The van der Waals surface area contributed by atoms with Crippen LogP contribution in [0.3, 0.4) is 0 Å². The number of aliphatic hydroxyl groups excluding tert-OH is 3. The van der Waals surface area contributed by atoms with Gasteiger partial charge in [-0.1, -0.05) is 301 Å². The maximum absolute atomic E-state index is 12.6. The van der Waals surface area contributed by atoms with Gasteiger partial charge >= 0.3 is 0 Å². The number of aliphatic hydroxyl groups is 3. The number of hydrogen-bond donors (Lipinski definition) is 4. The largest absolute Gasteiger partial charge is 0.394 e. The number of unbranched alkanes of at least 4 members (excludes halogenated alkanes) is 41. The third-order valence-corrected chi connectivity index (χ3v) is 13.5. The van der Waals surface area contributed by atoms with Crippen molar-refractivity contribution in [3.05, 3.63) is 36.5 Å². The number of nitrogens with one attached hydrogen (secondary N) is 1. The van der Waals surface area contributed by atoms with Crippen LogP contribution in [0.2, 0.25) is 0 Å². The first kappa shape index (κ1) is 62.6. The molecule has 0 heterocycles. The van der Waals surface area contributed by atoms with Gasteiger partial charge in [0.05, 0.1) is 18.8 Å². The number of carbonyl (C=O) groups excluding carboxylic acids is 1. The van der Waals surface area contributed by atoms with Crippen LogP contribution in [0.5, 0.6) is 0 Å². The predicted molar refractivity (Wildman–Crippen MR) is 282 cm³/mol. The van der Waals surface area contributed by atoms with Gasteiger partial charge in [-0.2, -0.15) is 0 Å². The summed E-state index contributed by atoms with van der Waals surface area (Å²) in [6.07, 6.45) is 70.9. The normalized spacial score (nSPS) is 13.5. The van der Waals surface area contributed by atoms with Crippen LogP contribution in [0.4, 0.5) is 0 Å². The first-order valence-electron chi connectivity index (χ1n) is 28.8. The molecule has 0 spiro atoms. The zero-order valence-corrected chi connectivity index (χ0v) is 43.2. The lowest BCUT2D eigenvalue weighted by atomic mass is 10.0. The Kier molecular flexibility index (Phi) is 53.0. The summed E-state index contributed by atoms with van der Waals surface area (Å²) < 4.78 is 0. The Hall–Kier alpha value is -1.43. The average Bonchev–Trinajstić information content (AvgIpc) is 3.30. The molecule has 0 saturated heterocycles. The van der Waals surface area contributed by atoms with E-state index in [2.05, 4.69) is 43.5 Å². The summed E-state index contributed by atoms with van der Waals surface area (Å²) in [6.45, 7) is 4.20. The van der Waals surface area contributed by atoms with Crippen LogP contribution >= 0.6 is 0 Å². The molecule has 0 aliphatic heterocycles. The Labute approximate surface area is 400 Å². The van der Waals surface area contributed by atoms with Crippen LogP contribution in [-0.2, 0) is 4.79 Å². The third-order valence-electron chi connectivity index (χ3n) is 13.5. The smallest absolute Gasteiger partial charge is 0.249 e. The van der Waals surface area contributed by atoms with Gasteiger partial charge in [-0.15, -0.1) is 0 Å². The molecule has 0 radical (unpaired) electrons. The summed E-state index contributed by atoms with van der Waals surface area (Å²) in [5, 5.41) is 33.4. The Bertz CT molecular complexity index is 993. The maximum atomic E-state index is 12.6. The van der Waals surface area contributed by atoms with Crippen molar-refractivity contribution < 1.29 is 20.1 Å². The molecule has 64 heavy (non-hydrogen) atoms. The van der Waals surface area contributed by atoms with Gasteiger partial charge in [0.1, 0.15) is 6.10 Å². The Balaban J connectivity index is 3.60. The molecule has 0 bridgehead atoms. The summed E-state index contributed by atoms with van der Waals surface area (Å²) in [6, 6.07) is -0.820. The highest BCUT2D eigenvalue weighted by Gasteiger charge is 2.22. The van der Waals surface area contributed by atoms with Gasteiger partial charge in [-0.3, -0.25) is 4.79 Å². The lowest BCUT2D eigenvalue weighted by molar-refractivity contribution is -0.131. The molecule has 0 aromatic carbocycles. The van der Waals surface area contributed by atoms with Crippen LogP contribution in [-0.4, -0.2) is 46.1 Å². The lowest BCUT2D eigenvalue weighted by Crippen LogP contribution is -2.48. The molecule has 4 N–H and O–H groups in total. The fraction of sp³-hybridized carbons (Fsp3) is 0.881. The second-order valence-electron chi connectivity index (χ2n) is 19.8. The lowest BCUT2D eigenvalue weighted by Gasteiger charge is -2.21. The number of hydrogen-bond acceptors (Lipinski definition) is 4. The van der Waals surface area contributed by atoms with Gasteiger partial charge in [-0.05, 0) is 44.9 Å². The average molecular weight is 901 g/mol. The van der Waals surface area contributed by atoms with Crippen molar-refractivity contribution >= 4 is 5.91 Å². The predicted octanol–water partition coefficient (Wildman–Crippen LogP) is 17.8. The molecule has 5 nitrogen and oxygen atoms in total. The van der Waals surface area contributed by atoms with Crippen molar-refractivity contribution in [2.75, 3.05) is 6.61 Å². The Morgan fingerprint density at radius 2 is 0.641 bits per heavy atom. The molecular weight excluding hydrogens is 787 g/mol. The summed E-state index contributed by atoms with van der Waals surface area (Å²) >= 11 is 0. The molecule has 0 aliphatic carbocycles. The third kappa shape index (κ3) is 48.5. The standard InChI is InChI=1S/C59H113NO4/c1-3-5-7-9-11-13-15-17-19-21-23-25-27-28-29-30-32-34-36-38-40-42-44-46-48-50-52-54-58(63)59(64)60-56(55-61)57(62)53-51-49-47-45-43-41-39-37-35-33-31-26-24-22-20-18-16-14-12-10-8-6-4-2/h35,37,43,45,51,53,56-58,61-63H,3-34,36,38-42,44,46-50,52,54-55H2,1-2H3,(H,60,64)/b37-35+,45-43+,53-51+. The zero-order chi connectivity index (χ0) is 46.5. The molecule has 0 saturated carbocycles. The van der Waals surface area contributed by atoms with E-state index in [1.807, 2.05) is 6.08 Å². The fourth-order valence-electron chi connectivity index (χ4n) is 8.99. The van der Waals surface area contributed by atoms with Gasteiger partial charge in [0.15, 0.2) is 0 Å². The van der Waals surface area contributed by atoms with Crippen LogP contribution in [0, 0.1) is 0 Å². The molecule has 5 heteroatoms. The molecule has 3 unspecified atom stereocenters. The Morgan fingerprint density at radius 1 is 0.375 bits per heavy atom. The van der Waals surface area contributed by atoms with Crippen molar-refractivity contribution in [3.8, 4) is 0 Å². The van der Waals surface area contributed by atoms with Gasteiger partial charge in [0.2, 0.25) is 5.91 Å². The first-order chi connectivity index (χ1) is 31.6. The molecule has 0 fully saturated rings. The van der Waals surface area contributed by atoms with Gasteiger partial charge in [-0.25, -0.2) is 0 Å². The molecule has 0 aliphatic rings. The number of carbonyl (C=O) groups is 1. The molecule has 0 rings (SSSR count). The van der Waals surface area contributed by atoms with E-state index in [9.17, 15) is 20.1 Å². The van der Waals surface area contributed by atoms with Crippen molar-refractivity contribution in [1.82, 2.24) is 5.32 Å². The summed E-state index contributed by atoms with van der Waals surface area (Å²) in [5.41, 5.74) is 0. The minimum atomic E-state index is -1.11. The van der Waals surface area contributed by atoms with E-state index < -0.39 is 24.2 Å². The number of rotatable bonds is 53. The monoisotopic (exact) mass is 900 g/mol. The molecule has 0 aromatic rings. The first-order valence-corrected chi connectivity index (χ1v) is 28.8. The highest BCUT2D eigenvalue weighted by Crippen LogP contribution is 2.18. The van der Waals surface area contributed by atoms with Crippen molar-refractivity contribution in [2.45, 2.75) is 327 Å². The molecular formula is C59H113NO4. The van der Waals surface area contributed by atoms with Gasteiger partial charge in [0.25, 0.3) is 0 Å². The van der Waals surface area contributed by atoms with E-state index in [1.165, 1.54) is 244 Å². The van der Waals surface area contributed by atoms with Crippen LogP contribution < -0.4 is 5.32 Å². The van der Waals surface area contributed by atoms with Crippen molar-refractivity contribution in [1.29, 1.82) is 0 Å². The van der Waals surface area contributed by atoms with Crippen LogP contribution in [0.25, 0.3) is 0 Å². The Morgan fingerprint density at radius 3 is 0.953 bits per heavy atom. The van der Waals surface area contributed by atoms with Crippen molar-refractivity contribution in [2.24, 2.45) is 0 Å². The maximum Gasteiger partial charge on any atom is 0.249 e. The molecule has 3 atom stereocenters. The van der Waals surface area contributed by atoms with E-state index in [0.29, 0.717) is 6.42 Å². The quantitative estimate of drug-likeness (QED) is 0.0362. The summed E-state index contributed by atoms with van der Waals surface area (Å²) in [5.74, 6) is -0.511. The fourth-order valence-corrected chi connectivity index (χ4v) is 8.99. The van der Waals surface area contributed by atoms with Crippen molar-refractivity contribution in [3.63, 3.8) is 0 Å². The molecule has 1 amide bonds. The van der Waals surface area contributed by atoms with Crippen LogP contribution in [0.15, 0.2) is 36.5 Å². The number of allylic oxidation sites excluding steroid dienone is 5. The van der Waals surface area contributed by atoms with E-state index in [4.69, 9.17) is 0 Å². The van der Waals surface area contributed by atoms with E-state index in [1.54, 1.807) is 6.08 Å². The molecule has 378 valence electrons. The molecule has 0 aromatic heterocycles. The highest BCUT2D eigenvalue weighted by molar-refractivity contribution is 5.80. The van der Waals surface area contributed by atoms with Gasteiger partial charge < -0.3 is 20.6 Å². The van der Waals surface area contributed by atoms with Crippen LogP contribution in [0.1, 0.15) is 309 Å². The summed E-state index contributed by atoms with van der Waals surface area (Å²) in [7, 11) is 0. The van der Waals surface area contributed by atoms with E-state index in [0.717, 1.165) is 44.9 Å². The minimum absolute atomic E-state index is 0.379. The second-order valence-corrected chi connectivity index (χ2v) is 19.8. The summed E-state index contributed by atoms with van der Waals surface area (Å²) in [4.78, 5) is 12.6. The SMILES string of the molecule is CCCCCCCCCCCCCCC/C=C/CC/C=C/CC/C=C/C(O)C(CO)NC(=O)C(O)CCCCCCCCCCCCCCCCCCCCCCCCCCCCC. The highest BCUT2D eigenvalue weighted by atomic mass is 16.3. The zero-order valence-electron chi connectivity index (χ0n) is 43.2.